The van der Waals surface area contributed by atoms with E-state index in [-0.39, 0.29) is 50.4 Å². The summed E-state index contributed by atoms with van der Waals surface area (Å²) in [4.78, 5) is 28.6. The number of hydrogen-bond acceptors (Lipinski definition) is 3. The summed E-state index contributed by atoms with van der Waals surface area (Å²) in [5.74, 6) is 0.718. The summed E-state index contributed by atoms with van der Waals surface area (Å²) in [6.07, 6.45) is 10.4. The molecular weight excluding hydrogens is 518 g/mol. The Morgan fingerprint density at radius 3 is 2.14 bits per heavy atom. The van der Waals surface area contributed by atoms with Crippen LogP contribution in [0.4, 0.5) is 5.69 Å². The summed E-state index contributed by atoms with van der Waals surface area (Å²) >= 11 is 0. The molecule has 0 aliphatic heterocycles. The fourth-order valence-electron chi connectivity index (χ4n) is 11.9. The number of amides is 1. The highest BCUT2D eigenvalue weighted by Gasteiger charge is 2.72. The molecule has 4 fully saturated rings. The summed E-state index contributed by atoms with van der Waals surface area (Å²) in [5.41, 5.74) is 2.14. The lowest BCUT2D eigenvalue weighted by atomic mass is 9.31. The number of ketones is 1. The molecule has 9 atom stereocenters. The zero-order valence-corrected chi connectivity index (χ0v) is 27.7. The van der Waals surface area contributed by atoms with Gasteiger partial charge in [0.1, 0.15) is 0 Å². The Hall–Kier alpha value is -1.94. The molecule has 0 saturated heterocycles. The first kappa shape index (κ1) is 30.1. The number of carbonyl (C=O) groups is 2. The monoisotopic (exact) mass is 573 g/mol. The summed E-state index contributed by atoms with van der Waals surface area (Å²) in [7, 11) is 0. The van der Waals surface area contributed by atoms with Crippen LogP contribution in [0.2, 0.25) is 0 Å². The van der Waals surface area contributed by atoms with Gasteiger partial charge in [-0.25, -0.2) is 0 Å². The number of hydrogen-bond donors (Lipinski definition) is 2. The number of anilines is 1. The number of carbonyl (C=O) groups excluding carboxylic acids is 2. The maximum atomic E-state index is 14.7. The van der Waals surface area contributed by atoms with Gasteiger partial charge in [-0.1, -0.05) is 78.7 Å². The Kier molecular flexibility index (Phi) is 6.49. The molecule has 0 spiro atoms. The first-order chi connectivity index (χ1) is 19.4. The lowest BCUT2D eigenvalue weighted by Crippen LogP contribution is -2.68. The smallest absolute Gasteiger partial charge is 0.230 e. The lowest BCUT2D eigenvalue weighted by Gasteiger charge is -2.72. The van der Waals surface area contributed by atoms with Crippen molar-refractivity contribution < 1.29 is 14.7 Å². The van der Waals surface area contributed by atoms with Crippen molar-refractivity contribution in [2.24, 2.45) is 49.7 Å². The van der Waals surface area contributed by atoms with Crippen LogP contribution in [0.25, 0.3) is 0 Å². The van der Waals surface area contributed by atoms with Crippen molar-refractivity contribution in [1.29, 1.82) is 0 Å². The highest BCUT2D eigenvalue weighted by Crippen LogP contribution is 2.77. The summed E-state index contributed by atoms with van der Waals surface area (Å²) in [6, 6.07) is 8.08. The SMILES string of the molecule is Cc1ccc(NC(=O)[C@@]2(C)CC[C@@]3(C)CC[C@]4(C)C(=CC(=O)[C@H]5[C@@]6(C)CC[C@H](O)C(C)(C)[C@@H]6CC[C@@]54C)[C@]3(C)C2)cc1. The molecule has 2 N–H and O–H groups in total. The van der Waals surface area contributed by atoms with Crippen molar-refractivity contribution >= 4 is 17.4 Å². The van der Waals surface area contributed by atoms with Gasteiger partial charge in [0, 0.05) is 17.0 Å². The number of rotatable bonds is 2. The van der Waals surface area contributed by atoms with E-state index in [0.29, 0.717) is 11.7 Å². The van der Waals surface area contributed by atoms with Crippen LogP contribution >= 0.6 is 0 Å². The van der Waals surface area contributed by atoms with Crippen LogP contribution in [0.5, 0.6) is 0 Å². The predicted octanol–water partition coefficient (Wildman–Crippen LogP) is 8.67. The Balaban J connectivity index is 1.40. The van der Waals surface area contributed by atoms with Crippen molar-refractivity contribution in [3.63, 3.8) is 0 Å². The molecular formula is C38H55NO3. The van der Waals surface area contributed by atoms with E-state index in [0.717, 1.165) is 63.5 Å². The molecule has 0 unspecified atom stereocenters. The minimum absolute atomic E-state index is 0.0305. The number of aliphatic hydroxyl groups is 1. The molecule has 6 rings (SSSR count). The summed E-state index contributed by atoms with van der Waals surface area (Å²) in [6.45, 7) is 20.8. The van der Waals surface area contributed by atoms with Crippen molar-refractivity contribution in [2.75, 3.05) is 5.32 Å². The molecule has 4 heteroatoms. The van der Waals surface area contributed by atoms with Gasteiger partial charge in [-0.3, -0.25) is 9.59 Å². The molecule has 5 aliphatic rings. The average Bonchev–Trinajstić information content (AvgIpc) is 2.90. The second kappa shape index (κ2) is 9.05. The van der Waals surface area contributed by atoms with Crippen molar-refractivity contribution in [1.82, 2.24) is 0 Å². The Morgan fingerprint density at radius 1 is 0.833 bits per heavy atom. The van der Waals surface area contributed by atoms with Crippen LogP contribution in [0.1, 0.15) is 119 Å². The molecule has 1 aromatic carbocycles. The van der Waals surface area contributed by atoms with Crippen molar-refractivity contribution in [3.8, 4) is 0 Å². The second-order valence-corrected chi connectivity index (χ2v) is 17.6. The van der Waals surface area contributed by atoms with Crippen LogP contribution in [0.3, 0.4) is 0 Å². The Bertz CT molecular complexity index is 1340. The van der Waals surface area contributed by atoms with Gasteiger partial charge >= 0.3 is 0 Å². The zero-order chi connectivity index (χ0) is 30.7. The number of benzene rings is 1. The highest BCUT2D eigenvalue weighted by atomic mass is 16.3. The van der Waals surface area contributed by atoms with Gasteiger partial charge in [-0.15, -0.1) is 0 Å². The quantitative estimate of drug-likeness (QED) is 0.372. The van der Waals surface area contributed by atoms with E-state index in [4.69, 9.17) is 0 Å². The van der Waals surface area contributed by atoms with Gasteiger partial charge in [-0.2, -0.15) is 0 Å². The second-order valence-electron chi connectivity index (χ2n) is 17.6. The third-order valence-corrected chi connectivity index (χ3v) is 15.1. The predicted molar refractivity (Wildman–Crippen MR) is 170 cm³/mol. The van der Waals surface area contributed by atoms with E-state index in [1.54, 1.807) is 0 Å². The topological polar surface area (TPSA) is 66.4 Å². The molecule has 230 valence electrons. The first-order valence-electron chi connectivity index (χ1n) is 16.7. The van der Waals surface area contributed by atoms with Crippen LogP contribution in [0, 0.1) is 56.7 Å². The molecule has 0 bridgehead atoms. The van der Waals surface area contributed by atoms with Crippen LogP contribution in [-0.4, -0.2) is 22.9 Å². The van der Waals surface area contributed by atoms with E-state index in [1.165, 1.54) is 11.1 Å². The number of nitrogens with one attached hydrogen (secondary N) is 1. The van der Waals surface area contributed by atoms with E-state index < -0.39 is 5.41 Å². The minimum Gasteiger partial charge on any atom is -0.393 e. The van der Waals surface area contributed by atoms with Gasteiger partial charge in [0.15, 0.2) is 5.78 Å². The van der Waals surface area contributed by atoms with Gasteiger partial charge in [-0.05, 0) is 121 Å². The molecule has 0 radical (unpaired) electrons. The molecule has 42 heavy (non-hydrogen) atoms. The third-order valence-electron chi connectivity index (χ3n) is 15.1. The molecule has 5 aliphatic carbocycles. The fraction of sp³-hybridized carbons (Fsp3) is 0.737. The molecule has 1 aromatic rings. The first-order valence-corrected chi connectivity index (χ1v) is 16.7. The fourth-order valence-corrected chi connectivity index (χ4v) is 11.9. The van der Waals surface area contributed by atoms with Gasteiger partial charge in [0.05, 0.1) is 6.10 Å². The zero-order valence-electron chi connectivity index (χ0n) is 27.7. The van der Waals surface area contributed by atoms with Gasteiger partial charge < -0.3 is 10.4 Å². The van der Waals surface area contributed by atoms with Gasteiger partial charge in [0.25, 0.3) is 0 Å². The van der Waals surface area contributed by atoms with Crippen molar-refractivity contribution in [2.45, 2.75) is 126 Å². The van der Waals surface area contributed by atoms with E-state index >= 15 is 0 Å². The van der Waals surface area contributed by atoms with E-state index in [9.17, 15) is 14.7 Å². The van der Waals surface area contributed by atoms with E-state index in [1.807, 2.05) is 24.3 Å². The Labute approximate surface area is 254 Å². The minimum atomic E-state index is -0.508. The molecule has 0 aromatic heterocycles. The number of allylic oxidation sites excluding steroid dienone is 2. The van der Waals surface area contributed by atoms with Gasteiger partial charge in [0.2, 0.25) is 5.91 Å². The maximum absolute atomic E-state index is 14.7. The highest BCUT2D eigenvalue weighted by molar-refractivity contribution is 5.97. The van der Waals surface area contributed by atoms with Crippen LogP contribution < -0.4 is 5.32 Å². The molecule has 0 heterocycles. The summed E-state index contributed by atoms with van der Waals surface area (Å²) in [5, 5.41) is 14.3. The largest absolute Gasteiger partial charge is 0.393 e. The molecule has 4 saturated carbocycles. The number of aliphatic hydroxyl groups excluding tert-OH is 1. The Morgan fingerprint density at radius 2 is 1.48 bits per heavy atom. The average molecular weight is 574 g/mol. The molecule has 1 amide bonds. The van der Waals surface area contributed by atoms with Crippen LogP contribution in [0.15, 0.2) is 35.9 Å². The van der Waals surface area contributed by atoms with E-state index in [2.05, 4.69) is 73.7 Å². The number of aryl methyl sites for hydroxylation is 1. The number of fused-ring (bicyclic) bond motifs is 7. The maximum Gasteiger partial charge on any atom is 0.230 e. The third kappa shape index (κ3) is 3.75. The van der Waals surface area contributed by atoms with Crippen molar-refractivity contribution in [3.05, 3.63) is 41.5 Å². The normalized spacial score (nSPS) is 47.7. The standard InChI is InChI=1S/C38H55NO3/c1-24-10-12-25(13-11-24)39-31(42)33(4)18-19-34(5)20-21-36(7)28(38(34,9)23-33)22-26(40)30-35(6)16-15-29(41)32(2,3)27(35)14-17-37(30,36)8/h10-13,22,27,29-30,41H,14-21,23H2,1-9H3,(H,39,42)/t27-,29-,30-,33-,34-,35-,36+,37-,38-/m0/s1. The lowest BCUT2D eigenvalue weighted by molar-refractivity contribution is -0.207. The summed E-state index contributed by atoms with van der Waals surface area (Å²) < 4.78 is 0. The van der Waals surface area contributed by atoms with Crippen LogP contribution in [-0.2, 0) is 9.59 Å². The molecule has 4 nitrogen and oxygen atoms in total.